The van der Waals surface area contributed by atoms with Crippen molar-refractivity contribution >= 4 is 22.9 Å². The lowest BCUT2D eigenvalue weighted by Gasteiger charge is -2.09. The number of rotatable bonds is 4. The molecule has 0 atom stereocenters. The summed E-state index contributed by atoms with van der Waals surface area (Å²) in [7, 11) is 0. The summed E-state index contributed by atoms with van der Waals surface area (Å²) in [6.45, 7) is 3.50. The number of amides is 1. The molecule has 1 heterocycles. The standard InChI is InChI=1S/C14H15N3O4/c1-3-17-11-5-4-9(14(20)21-7-12(15)18)6-10(11)16-8(2)13(17)19/h4-6H,3,7H2,1-2H3,(H2,15,18). The summed E-state index contributed by atoms with van der Waals surface area (Å²) in [5.41, 5.74) is 6.51. The number of aromatic nitrogens is 2. The van der Waals surface area contributed by atoms with Gasteiger partial charge in [-0.05, 0) is 32.0 Å². The van der Waals surface area contributed by atoms with Crippen LogP contribution < -0.4 is 11.3 Å². The fourth-order valence-electron chi connectivity index (χ4n) is 2.04. The average molecular weight is 289 g/mol. The third-order valence-electron chi connectivity index (χ3n) is 3.01. The Morgan fingerprint density at radius 2 is 2.10 bits per heavy atom. The van der Waals surface area contributed by atoms with Gasteiger partial charge in [0.2, 0.25) is 0 Å². The highest BCUT2D eigenvalue weighted by atomic mass is 16.5. The Kier molecular flexibility index (Phi) is 4.02. The minimum absolute atomic E-state index is 0.158. The van der Waals surface area contributed by atoms with Crippen molar-refractivity contribution < 1.29 is 14.3 Å². The van der Waals surface area contributed by atoms with E-state index >= 15 is 0 Å². The first-order chi connectivity index (χ1) is 9.93. The van der Waals surface area contributed by atoms with Gasteiger partial charge in [0.1, 0.15) is 5.69 Å². The molecule has 7 nitrogen and oxygen atoms in total. The number of aryl methyl sites for hydroxylation is 2. The van der Waals surface area contributed by atoms with E-state index in [1.807, 2.05) is 6.92 Å². The molecule has 1 aromatic heterocycles. The van der Waals surface area contributed by atoms with Crippen LogP contribution in [0.15, 0.2) is 23.0 Å². The maximum Gasteiger partial charge on any atom is 0.338 e. The Balaban J connectivity index is 2.47. The molecule has 0 radical (unpaired) electrons. The van der Waals surface area contributed by atoms with Crippen LogP contribution in [-0.2, 0) is 16.1 Å². The number of fused-ring (bicyclic) bond motifs is 1. The number of carbonyl (C=O) groups is 2. The average Bonchev–Trinajstić information content (AvgIpc) is 2.45. The fraction of sp³-hybridized carbons (Fsp3) is 0.286. The quantitative estimate of drug-likeness (QED) is 0.819. The van der Waals surface area contributed by atoms with Gasteiger partial charge >= 0.3 is 5.97 Å². The molecule has 0 fully saturated rings. The molecular formula is C14H15N3O4. The maximum absolute atomic E-state index is 12.0. The number of hydrogen-bond acceptors (Lipinski definition) is 5. The molecule has 0 aliphatic carbocycles. The molecule has 2 rings (SSSR count). The summed E-state index contributed by atoms with van der Waals surface area (Å²) in [6.07, 6.45) is 0. The summed E-state index contributed by atoms with van der Waals surface area (Å²) < 4.78 is 6.32. The van der Waals surface area contributed by atoms with Crippen molar-refractivity contribution in [3.8, 4) is 0 Å². The molecule has 21 heavy (non-hydrogen) atoms. The topological polar surface area (TPSA) is 104 Å². The van der Waals surface area contributed by atoms with Crippen LogP contribution in [0.4, 0.5) is 0 Å². The van der Waals surface area contributed by atoms with Crippen LogP contribution in [0.3, 0.4) is 0 Å². The Labute approximate surface area is 120 Å². The molecule has 0 saturated carbocycles. The van der Waals surface area contributed by atoms with Crippen molar-refractivity contribution in [2.75, 3.05) is 6.61 Å². The molecule has 2 aromatic rings. The van der Waals surface area contributed by atoms with Gasteiger partial charge in [-0.2, -0.15) is 0 Å². The second kappa shape index (κ2) is 5.74. The summed E-state index contributed by atoms with van der Waals surface area (Å²) >= 11 is 0. The molecular weight excluding hydrogens is 274 g/mol. The minimum atomic E-state index is -0.724. The van der Waals surface area contributed by atoms with E-state index in [1.54, 1.807) is 17.6 Å². The van der Waals surface area contributed by atoms with Gasteiger partial charge in [-0.25, -0.2) is 9.78 Å². The summed E-state index contributed by atoms with van der Waals surface area (Å²) in [4.78, 5) is 38.5. The zero-order valence-electron chi connectivity index (χ0n) is 11.8. The number of nitrogens with two attached hydrogens (primary N) is 1. The van der Waals surface area contributed by atoms with Gasteiger partial charge in [0.25, 0.3) is 11.5 Å². The number of hydrogen-bond donors (Lipinski definition) is 1. The Bertz CT molecular complexity index is 780. The first-order valence-electron chi connectivity index (χ1n) is 6.40. The van der Waals surface area contributed by atoms with Gasteiger partial charge in [-0.15, -0.1) is 0 Å². The summed E-state index contributed by atoms with van der Waals surface area (Å²) in [5, 5.41) is 0. The van der Waals surface area contributed by atoms with Crippen LogP contribution in [0.2, 0.25) is 0 Å². The second-order valence-corrected chi connectivity index (χ2v) is 4.49. The zero-order valence-corrected chi connectivity index (χ0v) is 11.8. The van der Waals surface area contributed by atoms with E-state index in [4.69, 9.17) is 10.5 Å². The molecule has 0 aliphatic rings. The van der Waals surface area contributed by atoms with Crippen LogP contribution in [0.25, 0.3) is 11.0 Å². The lowest BCUT2D eigenvalue weighted by molar-refractivity contribution is -0.121. The Morgan fingerprint density at radius 3 is 2.71 bits per heavy atom. The van der Waals surface area contributed by atoms with Crippen LogP contribution in [0.1, 0.15) is 23.0 Å². The number of esters is 1. The molecule has 0 bridgehead atoms. The molecule has 0 aliphatic heterocycles. The predicted molar refractivity (Wildman–Crippen MR) is 75.9 cm³/mol. The van der Waals surface area contributed by atoms with Crippen molar-refractivity contribution in [2.24, 2.45) is 5.73 Å². The normalized spacial score (nSPS) is 10.6. The van der Waals surface area contributed by atoms with E-state index in [9.17, 15) is 14.4 Å². The first kappa shape index (κ1) is 14.7. The molecule has 2 N–H and O–H groups in total. The van der Waals surface area contributed by atoms with Gasteiger partial charge in [-0.3, -0.25) is 9.59 Å². The van der Waals surface area contributed by atoms with Gasteiger partial charge in [0.15, 0.2) is 6.61 Å². The van der Waals surface area contributed by atoms with Crippen molar-refractivity contribution in [3.63, 3.8) is 0 Å². The highest BCUT2D eigenvalue weighted by molar-refractivity contribution is 5.94. The lowest BCUT2D eigenvalue weighted by atomic mass is 10.2. The maximum atomic E-state index is 12.0. The fourth-order valence-corrected chi connectivity index (χ4v) is 2.04. The van der Waals surface area contributed by atoms with Crippen LogP contribution >= 0.6 is 0 Å². The van der Waals surface area contributed by atoms with Crippen molar-refractivity contribution in [1.29, 1.82) is 0 Å². The van der Waals surface area contributed by atoms with E-state index in [-0.39, 0.29) is 11.1 Å². The van der Waals surface area contributed by atoms with Gasteiger partial charge in [-0.1, -0.05) is 0 Å². The number of carbonyl (C=O) groups excluding carboxylic acids is 2. The van der Waals surface area contributed by atoms with E-state index in [0.717, 1.165) is 0 Å². The highest BCUT2D eigenvalue weighted by Crippen LogP contribution is 2.14. The predicted octanol–water partition coefficient (Wildman–Crippen LogP) is 0.367. The Hall–Kier alpha value is -2.70. The van der Waals surface area contributed by atoms with E-state index in [1.165, 1.54) is 12.1 Å². The van der Waals surface area contributed by atoms with Crippen molar-refractivity contribution in [3.05, 3.63) is 39.8 Å². The molecule has 0 saturated heterocycles. The van der Waals surface area contributed by atoms with Gasteiger partial charge in [0.05, 0.1) is 16.6 Å². The van der Waals surface area contributed by atoms with Crippen LogP contribution in [0.5, 0.6) is 0 Å². The Morgan fingerprint density at radius 1 is 1.38 bits per heavy atom. The monoisotopic (exact) mass is 289 g/mol. The van der Waals surface area contributed by atoms with Gasteiger partial charge in [0, 0.05) is 6.54 Å². The number of benzene rings is 1. The van der Waals surface area contributed by atoms with E-state index < -0.39 is 18.5 Å². The second-order valence-electron chi connectivity index (χ2n) is 4.49. The molecule has 1 aromatic carbocycles. The molecule has 1 amide bonds. The summed E-state index contributed by atoms with van der Waals surface area (Å²) in [6, 6.07) is 4.68. The molecule has 0 unspecified atom stereocenters. The van der Waals surface area contributed by atoms with Crippen LogP contribution in [0, 0.1) is 6.92 Å². The number of primary amides is 1. The number of ether oxygens (including phenoxy) is 1. The number of nitrogens with zero attached hydrogens (tertiary/aromatic N) is 2. The largest absolute Gasteiger partial charge is 0.452 e. The van der Waals surface area contributed by atoms with E-state index in [2.05, 4.69) is 4.98 Å². The lowest BCUT2D eigenvalue weighted by Crippen LogP contribution is -2.23. The molecule has 0 spiro atoms. The smallest absolute Gasteiger partial charge is 0.338 e. The van der Waals surface area contributed by atoms with Gasteiger partial charge < -0.3 is 15.0 Å². The van der Waals surface area contributed by atoms with Crippen molar-refractivity contribution in [2.45, 2.75) is 20.4 Å². The minimum Gasteiger partial charge on any atom is -0.452 e. The highest BCUT2D eigenvalue weighted by Gasteiger charge is 2.12. The first-order valence-corrected chi connectivity index (χ1v) is 6.40. The third-order valence-corrected chi connectivity index (χ3v) is 3.01. The van der Waals surface area contributed by atoms with E-state index in [0.29, 0.717) is 23.3 Å². The third kappa shape index (κ3) is 2.91. The molecule has 7 heteroatoms. The molecule has 110 valence electrons. The zero-order chi connectivity index (χ0) is 15.6. The van der Waals surface area contributed by atoms with Crippen molar-refractivity contribution in [1.82, 2.24) is 9.55 Å². The summed E-state index contributed by atoms with van der Waals surface area (Å²) in [5.74, 6) is -1.39. The van der Waals surface area contributed by atoms with Crippen LogP contribution in [-0.4, -0.2) is 28.0 Å². The SMILES string of the molecule is CCn1c(=O)c(C)nc2cc(C(=O)OCC(N)=O)ccc21.